The van der Waals surface area contributed by atoms with Gasteiger partial charge in [0.1, 0.15) is 0 Å². The Labute approximate surface area is 176 Å². The predicted octanol–water partition coefficient (Wildman–Crippen LogP) is 7.04. The molecule has 2 unspecified atom stereocenters. The van der Waals surface area contributed by atoms with Gasteiger partial charge in [-0.3, -0.25) is 4.79 Å². The number of para-hydroxylation sites is 1. The molecule has 1 fully saturated rings. The van der Waals surface area contributed by atoms with Crippen molar-refractivity contribution in [1.82, 2.24) is 0 Å². The first-order valence-electron chi connectivity index (χ1n) is 8.95. The third kappa shape index (κ3) is 4.02. The topological polar surface area (TPSA) is 29.1 Å². The number of nitrogens with one attached hydrogen (secondary N) is 1. The summed E-state index contributed by atoms with van der Waals surface area (Å²) in [5.41, 5.74) is 5.26. The quantitative estimate of drug-likeness (QED) is 0.422. The second kappa shape index (κ2) is 7.61. The van der Waals surface area contributed by atoms with Crippen LogP contribution >= 0.6 is 31.9 Å². The molecule has 0 aromatic heterocycles. The second-order valence-corrected chi connectivity index (χ2v) is 8.72. The normalized spacial score (nSPS) is 18.2. The van der Waals surface area contributed by atoms with E-state index in [9.17, 15) is 4.79 Å². The summed E-state index contributed by atoms with van der Waals surface area (Å²) in [6, 6.07) is 22.3. The average molecular weight is 485 g/mol. The van der Waals surface area contributed by atoms with E-state index in [1.54, 1.807) is 0 Å². The molecule has 1 aliphatic carbocycles. The zero-order chi connectivity index (χ0) is 19.0. The molecular weight excluding hydrogens is 466 g/mol. The average Bonchev–Trinajstić information content (AvgIpc) is 3.47. The SMILES string of the molecule is Cc1ccccc1NC(=O)c1ccc(C2CC2c2ccc(Br)c(Br)c2)cc1. The van der Waals surface area contributed by atoms with E-state index < -0.39 is 0 Å². The van der Waals surface area contributed by atoms with Gasteiger partial charge in [-0.15, -0.1) is 0 Å². The molecule has 1 N–H and O–H groups in total. The minimum atomic E-state index is -0.0694. The Balaban J connectivity index is 1.44. The van der Waals surface area contributed by atoms with Crippen molar-refractivity contribution in [2.75, 3.05) is 5.32 Å². The lowest BCUT2D eigenvalue weighted by Gasteiger charge is -2.09. The number of hydrogen-bond donors (Lipinski definition) is 1. The van der Waals surface area contributed by atoms with Crippen LogP contribution in [0.5, 0.6) is 0 Å². The number of aryl methyl sites for hydroxylation is 1. The second-order valence-electron chi connectivity index (χ2n) is 7.01. The molecule has 0 heterocycles. The summed E-state index contributed by atoms with van der Waals surface area (Å²) in [6.45, 7) is 1.99. The smallest absolute Gasteiger partial charge is 0.255 e. The lowest BCUT2D eigenvalue weighted by molar-refractivity contribution is 0.102. The van der Waals surface area contributed by atoms with Crippen molar-refractivity contribution in [2.45, 2.75) is 25.2 Å². The van der Waals surface area contributed by atoms with E-state index >= 15 is 0 Å². The van der Waals surface area contributed by atoms with E-state index in [0.29, 0.717) is 17.4 Å². The number of anilines is 1. The third-order valence-corrected chi connectivity index (χ3v) is 7.04. The summed E-state index contributed by atoms with van der Waals surface area (Å²) < 4.78 is 2.17. The molecule has 0 saturated heterocycles. The Morgan fingerprint density at radius 2 is 1.56 bits per heavy atom. The molecule has 1 saturated carbocycles. The van der Waals surface area contributed by atoms with Crippen LogP contribution in [0, 0.1) is 6.92 Å². The van der Waals surface area contributed by atoms with Crippen molar-refractivity contribution in [2.24, 2.45) is 0 Å². The Morgan fingerprint density at radius 3 is 2.26 bits per heavy atom. The molecule has 3 aromatic rings. The Morgan fingerprint density at radius 1 is 0.889 bits per heavy atom. The van der Waals surface area contributed by atoms with Crippen LogP contribution in [-0.4, -0.2) is 5.91 Å². The largest absolute Gasteiger partial charge is 0.322 e. The fourth-order valence-corrected chi connectivity index (χ4v) is 4.11. The lowest BCUT2D eigenvalue weighted by Crippen LogP contribution is -2.12. The van der Waals surface area contributed by atoms with Gasteiger partial charge in [-0.1, -0.05) is 36.4 Å². The van der Waals surface area contributed by atoms with Crippen molar-refractivity contribution < 1.29 is 4.79 Å². The van der Waals surface area contributed by atoms with Gasteiger partial charge in [0.05, 0.1) is 0 Å². The van der Waals surface area contributed by atoms with Crippen molar-refractivity contribution in [3.05, 3.63) is 97.9 Å². The summed E-state index contributed by atoms with van der Waals surface area (Å²) in [5.74, 6) is 1.02. The summed E-state index contributed by atoms with van der Waals surface area (Å²) in [4.78, 5) is 12.5. The molecule has 2 atom stereocenters. The number of rotatable bonds is 4. The molecule has 2 nitrogen and oxygen atoms in total. The van der Waals surface area contributed by atoms with Crippen molar-refractivity contribution in [3.63, 3.8) is 0 Å². The molecular formula is C23H19Br2NO. The first-order valence-corrected chi connectivity index (χ1v) is 10.5. The highest BCUT2D eigenvalue weighted by Gasteiger charge is 2.39. The molecule has 0 aliphatic heterocycles. The standard InChI is InChI=1S/C23H19Br2NO/c1-14-4-2-3-5-22(14)26-23(27)16-8-6-15(7-9-16)18-13-19(18)17-10-11-20(24)21(25)12-17/h2-12,18-19H,13H2,1H3,(H,26,27). The molecule has 1 amide bonds. The van der Waals surface area contributed by atoms with Crippen LogP contribution in [-0.2, 0) is 0 Å². The van der Waals surface area contributed by atoms with Gasteiger partial charge < -0.3 is 5.32 Å². The van der Waals surface area contributed by atoms with Gasteiger partial charge in [-0.05, 0) is 104 Å². The number of halogens is 2. The zero-order valence-electron chi connectivity index (χ0n) is 14.9. The highest BCUT2D eigenvalue weighted by atomic mass is 79.9. The van der Waals surface area contributed by atoms with Gasteiger partial charge in [0.2, 0.25) is 0 Å². The van der Waals surface area contributed by atoms with Crippen LogP contribution < -0.4 is 5.32 Å². The Hall–Kier alpha value is -1.91. The summed E-state index contributed by atoms with van der Waals surface area (Å²) in [6.07, 6.45) is 1.16. The molecule has 136 valence electrons. The van der Waals surface area contributed by atoms with Crippen molar-refractivity contribution in [3.8, 4) is 0 Å². The first-order chi connectivity index (χ1) is 13.0. The number of amides is 1. The van der Waals surface area contributed by atoms with Gasteiger partial charge in [0, 0.05) is 20.2 Å². The van der Waals surface area contributed by atoms with Crippen molar-refractivity contribution in [1.29, 1.82) is 0 Å². The molecule has 1 aliphatic rings. The van der Waals surface area contributed by atoms with Crippen LogP contribution in [0.4, 0.5) is 5.69 Å². The maximum absolute atomic E-state index is 12.5. The third-order valence-electron chi connectivity index (χ3n) is 5.16. The van der Waals surface area contributed by atoms with Gasteiger partial charge >= 0.3 is 0 Å². The van der Waals surface area contributed by atoms with Gasteiger partial charge in [0.25, 0.3) is 5.91 Å². The van der Waals surface area contributed by atoms with Crippen molar-refractivity contribution >= 4 is 43.5 Å². The van der Waals surface area contributed by atoms with Crippen LogP contribution in [0.25, 0.3) is 0 Å². The fourth-order valence-electron chi connectivity index (χ4n) is 3.46. The summed E-state index contributed by atoms with van der Waals surface area (Å²) in [7, 11) is 0. The molecule has 27 heavy (non-hydrogen) atoms. The molecule has 4 rings (SSSR count). The number of hydrogen-bond acceptors (Lipinski definition) is 1. The Bertz CT molecular complexity index is 998. The number of carbonyl (C=O) groups is 1. The van der Waals surface area contributed by atoms with E-state index in [0.717, 1.165) is 26.6 Å². The van der Waals surface area contributed by atoms with Gasteiger partial charge in [0.15, 0.2) is 0 Å². The number of carbonyl (C=O) groups excluding carboxylic acids is 1. The van der Waals surface area contributed by atoms with E-state index in [1.165, 1.54) is 11.1 Å². The maximum Gasteiger partial charge on any atom is 0.255 e. The minimum absolute atomic E-state index is 0.0694. The van der Waals surface area contributed by atoms with E-state index in [4.69, 9.17) is 0 Å². The van der Waals surface area contributed by atoms with Gasteiger partial charge in [-0.25, -0.2) is 0 Å². The summed E-state index contributed by atoms with van der Waals surface area (Å²) >= 11 is 7.11. The Kier molecular flexibility index (Phi) is 5.20. The van der Waals surface area contributed by atoms with E-state index in [2.05, 4.69) is 67.5 Å². The highest BCUT2D eigenvalue weighted by Crippen LogP contribution is 2.55. The first kappa shape index (κ1) is 18.5. The molecule has 0 spiro atoms. The van der Waals surface area contributed by atoms with Crippen LogP contribution in [0.15, 0.2) is 75.7 Å². The highest BCUT2D eigenvalue weighted by molar-refractivity contribution is 9.13. The van der Waals surface area contributed by atoms with Crippen LogP contribution in [0.1, 0.15) is 45.3 Å². The zero-order valence-corrected chi connectivity index (χ0v) is 18.0. The van der Waals surface area contributed by atoms with Crippen LogP contribution in [0.3, 0.4) is 0 Å². The minimum Gasteiger partial charge on any atom is -0.322 e. The molecule has 4 heteroatoms. The fraction of sp³-hybridized carbons (Fsp3) is 0.174. The molecule has 3 aromatic carbocycles. The molecule has 0 radical (unpaired) electrons. The lowest BCUT2D eigenvalue weighted by atomic mass is 10.0. The van der Waals surface area contributed by atoms with E-state index in [-0.39, 0.29) is 5.91 Å². The monoisotopic (exact) mass is 483 g/mol. The van der Waals surface area contributed by atoms with Crippen LogP contribution in [0.2, 0.25) is 0 Å². The molecule has 0 bridgehead atoms. The predicted molar refractivity (Wildman–Crippen MR) is 118 cm³/mol. The van der Waals surface area contributed by atoms with E-state index in [1.807, 2.05) is 43.3 Å². The van der Waals surface area contributed by atoms with Gasteiger partial charge in [-0.2, -0.15) is 0 Å². The maximum atomic E-state index is 12.5. The number of benzene rings is 3. The summed E-state index contributed by atoms with van der Waals surface area (Å²) in [5, 5.41) is 2.99.